The molecule has 6 heteroatoms. The van der Waals surface area contributed by atoms with E-state index in [1.54, 1.807) is 4.90 Å². The molecular weight excluding hydrogens is 266 g/mol. The number of rotatable bonds is 4. The highest BCUT2D eigenvalue weighted by molar-refractivity contribution is 6.17. The zero-order chi connectivity index (χ0) is 13.8. The Kier molecular flexibility index (Phi) is 4.47. The molecule has 0 radical (unpaired) electrons. The topological polar surface area (TPSA) is 57.8 Å². The van der Waals surface area contributed by atoms with Crippen LogP contribution in [0.15, 0.2) is 17.4 Å². The number of hydrogen-bond donors (Lipinski definition) is 1. The molecule has 2 heterocycles. The summed E-state index contributed by atoms with van der Waals surface area (Å²) in [5.41, 5.74) is 1.93. The highest BCUT2D eigenvalue weighted by Crippen LogP contribution is 2.21. The van der Waals surface area contributed by atoms with Crippen LogP contribution in [0.4, 0.5) is 0 Å². The Morgan fingerprint density at radius 1 is 1.53 bits per heavy atom. The van der Waals surface area contributed by atoms with Crippen LogP contribution in [0.1, 0.15) is 35.8 Å². The molecule has 0 saturated carbocycles. The van der Waals surface area contributed by atoms with Crippen LogP contribution in [0.5, 0.6) is 0 Å². The molecule has 1 aromatic heterocycles. The molecule has 0 aromatic carbocycles. The van der Waals surface area contributed by atoms with Crippen molar-refractivity contribution in [2.24, 2.45) is 5.16 Å². The van der Waals surface area contributed by atoms with Gasteiger partial charge in [-0.15, -0.1) is 11.6 Å². The molecule has 19 heavy (non-hydrogen) atoms. The van der Waals surface area contributed by atoms with Crippen molar-refractivity contribution < 1.29 is 10.0 Å². The summed E-state index contributed by atoms with van der Waals surface area (Å²) in [4.78, 5) is 14.4. The van der Waals surface area contributed by atoms with Gasteiger partial charge in [0.1, 0.15) is 5.69 Å². The van der Waals surface area contributed by atoms with Crippen molar-refractivity contribution in [3.63, 3.8) is 0 Å². The van der Waals surface area contributed by atoms with E-state index >= 15 is 0 Å². The SMILES string of the molecule is CCn1ccc2c1C(=O)N(CCCCl)CC/C2=N/O. The van der Waals surface area contributed by atoms with E-state index in [0.29, 0.717) is 43.3 Å². The number of fused-ring (bicyclic) bond motifs is 1. The van der Waals surface area contributed by atoms with Crippen molar-refractivity contribution in [2.75, 3.05) is 19.0 Å². The average Bonchev–Trinajstić information content (AvgIpc) is 2.80. The lowest BCUT2D eigenvalue weighted by atomic mass is 10.1. The molecule has 0 fully saturated rings. The molecule has 2 rings (SSSR count). The van der Waals surface area contributed by atoms with E-state index < -0.39 is 0 Å². The Morgan fingerprint density at radius 3 is 2.95 bits per heavy atom. The predicted octanol–water partition coefficient (Wildman–Crippen LogP) is 2.16. The third kappa shape index (κ3) is 2.61. The first-order chi connectivity index (χ1) is 9.22. The number of halogens is 1. The van der Waals surface area contributed by atoms with E-state index in [1.165, 1.54) is 0 Å². The Hall–Kier alpha value is -1.49. The van der Waals surface area contributed by atoms with Gasteiger partial charge in [0.15, 0.2) is 0 Å². The van der Waals surface area contributed by atoms with Crippen LogP contribution >= 0.6 is 11.6 Å². The highest BCUT2D eigenvalue weighted by Gasteiger charge is 2.28. The molecule has 0 bridgehead atoms. The molecule has 0 aliphatic carbocycles. The standard InChI is InChI=1S/C13H18ClN3O2/c1-2-16-8-4-10-11(15-19)5-9-17(7-3-6-14)13(18)12(10)16/h4,8,19H,2-3,5-7,9H2,1H3/b15-11-. The van der Waals surface area contributed by atoms with Crippen molar-refractivity contribution in [3.05, 3.63) is 23.5 Å². The number of nitrogens with zero attached hydrogens (tertiary/aromatic N) is 3. The lowest BCUT2D eigenvalue weighted by molar-refractivity contribution is 0.0753. The first-order valence-corrected chi connectivity index (χ1v) is 7.02. The molecule has 0 spiro atoms. The fourth-order valence-corrected chi connectivity index (χ4v) is 2.52. The average molecular weight is 284 g/mol. The van der Waals surface area contributed by atoms with Crippen LogP contribution in [0.25, 0.3) is 0 Å². The molecular formula is C13H18ClN3O2. The molecule has 0 atom stereocenters. The zero-order valence-corrected chi connectivity index (χ0v) is 11.7. The van der Waals surface area contributed by atoms with E-state index in [0.717, 1.165) is 12.0 Å². The quantitative estimate of drug-likeness (QED) is 0.523. The highest BCUT2D eigenvalue weighted by atomic mass is 35.5. The Balaban J connectivity index is 2.39. The first-order valence-electron chi connectivity index (χ1n) is 6.48. The summed E-state index contributed by atoms with van der Waals surface area (Å²) >= 11 is 5.70. The monoisotopic (exact) mass is 283 g/mol. The maximum atomic E-state index is 12.6. The minimum Gasteiger partial charge on any atom is -0.411 e. The number of oxime groups is 1. The second kappa shape index (κ2) is 6.10. The van der Waals surface area contributed by atoms with Gasteiger partial charge >= 0.3 is 0 Å². The van der Waals surface area contributed by atoms with E-state index in [1.807, 2.05) is 23.8 Å². The molecule has 1 aliphatic rings. The molecule has 0 unspecified atom stereocenters. The summed E-state index contributed by atoms with van der Waals surface area (Å²) in [5.74, 6) is 0.525. The summed E-state index contributed by atoms with van der Waals surface area (Å²) in [6.07, 6.45) is 3.19. The van der Waals surface area contributed by atoms with E-state index in [9.17, 15) is 4.79 Å². The largest absolute Gasteiger partial charge is 0.411 e. The minimum absolute atomic E-state index is 0.00869. The number of carbonyl (C=O) groups excluding carboxylic acids is 1. The van der Waals surface area contributed by atoms with Crippen LogP contribution in [0.2, 0.25) is 0 Å². The van der Waals surface area contributed by atoms with Gasteiger partial charge in [0.2, 0.25) is 0 Å². The molecule has 1 aromatic rings. The van der Waals surface area contributed by atoms with Crippen LogP contribution < -0.4 is 0 Å². The van der Waals surface area contributed by atoms with Crippen molar-refractivity contribution in [2.45, 2.75) is 26.3 Å². The number of aromatic nitrogens is 1. The Labute approximate surface area is 117 Å². The van der Waals surface area contributed by atoms with Crippen molar-refractivity contribution in [1.29, 1.82) is 0 Å². The van der Waals surface area contributed by atoms with E-state index in [2.05, 4.69) is 5.16 Å². The van der Waals surface area contributed by atoms with Crippen LogP contribution in [0, 0.1) is 0 Å². The summed E-state index contributed by atoms with van der Waals surface area (Å²) in [5, 5.41) is 12.5. The summed E-state index contributed by atoms with van der Waals surface area (Å²) in [6.45, 7) is 3.89. The van der Waals surface area contributed by atoms with Gasteiger partial charge in [0, 0.05) is 43.7 Å². The molecule has 0 saturated heterocycles. The number of hydrogen-bond acceptors (Lipinski definition) is 3. The fourth-order valence-electron chi connectivity index (χ4n) is 2.40. The van der Waals surface area contributed by atoms with Gasteiger partial charge in [-0.05, 0) is 19.4 Å². The number of aryl methyl sites for hydroxylation is 1. The summed E-state index contributed by atoms with van der Waals surface area (Å²) in [6, 6.07) is 1.84. The minimum atomic E-state index is -0.00869. The van der Waals surface area contributed by atoms with Crippen molar-refractivity contribution in [1.82, 2.24) is 9.47 Å². The Morgan fingerprint density at radius 2 is 2.32 bits per heavy atom. The molecule has 1 N–H and O–H groups in total. The van der Waals surface area contributed by atoms with E-state index in [-0.39, 0.29) is 5.91 Å². The van der Waals surface area contributed by atoms with Crippen molar-refractivity contribution >= 4 is 23.2 Å². The normalized spacial score (nSPS) is 17.7. The van der Waals surface area contributed by atoms with Crippen LogP contribution in [-0.4, -0.2) is 45.3 Å². The summed E-state index contributed by atoms with van der Waals surface area (Å²) in [7, 11) is 0. The van der Waals surface area contributed by atoms with E-state index in [4.69, 9.17) is 16.8 Å². The number of amides is 1. The molecule has 1 amide bonds. The predicted molar refractivity (Wildman–Crippen MR) is 74.3 cm³/mol. The fraction of sp³-hybridized carbons (Fsp3) is 0.538. The number of alkyl halides is 1. The maximum absolute atomic E-state index is 12.6. The third-order valence-corrected chi connectivity index (χ3v) is 3.67. The van der Waals surface area contributed by atoms with Gasteiger partial charge in [0.05, 0.1) is 5.71 Å². The molecule has 104 valence electrons. The molecule has 5 nitrogen and oxygen atoms in total. The second-order valence-corrected chi connectivity index (χ2v) is 4.87. The maximum Gasteiger partial charge on any atom is 0.271 e. The van der Waals surface area contributed by atoms with Gasteiger partial charge in [-0.3, -0.25) is 4.79 Å². The zero-order valence-electron chi connectivity index (χ0n) is 11.0. The Bertz CT molecular complexity index is 496. The van der Waals surface area contributed by atoms with Gasteiger partial charge in [0.25, 0.3) is 5.91 Å². The summed E-state index contributed by atoms with van der Waals surface area (Å²) < 4.78 is 1.89. The van der Waals surface area contributed by atoms with Crippen LogP contribution in [-0.2, 0) is 6.54 Å². The van der Waals surface area contributed by atoms with Gasteiger partial charge in [-0.25, -0.2) is 0 Å². The van der Waals surface area contributed by atoms with Crippen molar-refractivity contribution in [3.8, 4) is 0 Å². The van der Waals surface area contributed by atoms with Gasteiger partial charge < -0.3 is 14.7 Å². The lowest BCUT2D eigenvalue weighted by Gasteiger charge is -2.20. The third-order valence-electron chi connectivity index (χ3n) is 3.41. The molecule has 1 aliphatic heterocycles. The number of carbonyl (C=O) groups is 1. The second-order valence-electron chi connectivity index (χ2n) is 4.50. The first kappa shape index (κ1) is 13.9. The lowest BCUT2D eigenvalue weighted by Crippen LogP contribution is -2.33. The van der Waals surface area contributed by atoms with Gasteiger partial charge in [-0.1, -0.05) is 5.16 Å². The smallest absolute Gasteiger partial charge is 0.271 e. The van der Waals surface area contributed by atoms with Gasteiger partial charge in [-0.2, -0.15) is 0 Å². The van der Waals surface area contributed by atoms with Crippen LogP contribution in [0.3, 0.4) is 0 Å².